The van der Waals surface area contributed by atoms with Crippen LogP contribution in [-0.2, 0) is 12.5 Å². The van der Waals surface area contributed by atoms with Crippen LogP contribution in [0.25, 0.3) is 0 Å². The maximum absolute atomic E-state index is 11.8. The summed E-state index contributed by atoms with van der Waals surface area (Å²) in [5.74, 6) is -0.234. The van der Waals surface area contributed by atoms with Crippen molar-refractivity contribution in [2.45, 2.75) is 18.8 Å². The van der Waals surface area contributed by atoms with Crippen molar-refractivity contribution >= 4 is 11.6 Å². The zero-order valence-electron chi connectivity index (χ0n) is 7.51. The predicted molar refractivity (Wildman–Crippen MR) is 48.6 cm³/mol. The van der Waals surface area contributed by atoms with E-state index in [0.29, 0.717) is 11.1 Å². The fourth-order valence-corrected chi connectivity index (χ4v) is 1.34. The van der Waals surface area contributed by atoms with Gasteiger partial charge in [0.2, 0.25) is 0 Å². The molecule has 0 saturated carbocycles. The van der Waals surface area contributed by atoms with Gasteiger partial charge >= 0.3 is 6.36 Å². The van der Waals surface area contributed by atoms with E-state index in [1.54, 1.807) is 0 Å². The summed E-state index contributed by atoms with van der Waals surface area (Å²) in [6.07, 6.45) is -4.73. The molecule has 2 nitrogen and oxygen atoms in total. The molecule has 1 N–H and O–H groups in total. The number of hydrogen-bond donors (Lipinski definition) is 1. The first-order valence-corrected chi connectivity index (χ1v) is 4.54. The molecule has 1 rings (SSSR count). The summed E-state index contributed by atoms with van der Waals surface area (Å²) in [6, 6.07) is 3.66. The molecule has 84 valence electrons. The molecular weight excluding hydrogens is 233 g/mol. The van der Waals surface area contributed by atoms with E-state index in [0.717, 1.165) is 12.1 Å². The molecule has 0 amide bonds. The van der Waals surface area contributed by atoms with Gasteiger partial charge in [-0.05, 0) is 23.3 Å². The van der Waals surface area contributed by atoms with Crippen LogP contribution in [0.15, 0.2) is 18.2 Å². The van der Waals surface area contributed by atoms with Gasteiger partial charge in [-0.15, -0.1) is 24.8 Å². The Morgan fingerprint density at radius 1 is 1.27 bits per heavy atom. The van der Waals surface area contributed by atoms with Crippen LogP contribution in [-0.4, -0.2) is 11.5 Å². The number of halogens is 4. The number of benzene rings is 1. The van der Waals surface area contributed by atoms with Crippen molar-refractivity contribution in [2.24, 2.45) is 0 Å². The summed E-state index contributed by atoms with van der Waals surface area (Å²) in [5.41, 5.74) is 0.903. The zero-order valence-corrected chi connectivity index (χ0v) is 8.27. The molecule has 0 aliphatic carbocycles. The minimum Gasteiger partial charge on any atom is -0.406 e. The van der Waals surface area contributed by atoms with Gasteiger partial charge in [0.25, 0.3) is 0 Å². The van der Waals surface area contributed by atoms with Crippen LogP contribution in [0.3, 0.4) is 0 Å². The number of ether oxygens (including phenoxy) is 1. The lowest BCUT2D eigenvalue weighted by molar-refractivity contribution is -0.274. The molecule has 0 fully saturated rings. The van der Waals surface area contributed by atoms with Gasteiger partial charge in [-0.25, -0.2) is 0 Å². The van der Waals surface area contributed by atoms with E-state index in [-0.39, 0.29) is 18.2 Å². The number of aliphatic hydroxyl groups is 1. The van der Waals surface area contributed by atoms with Crippen LogP contribution < -0.4 is 4.74 Å². The highest BCUT2D eigenvalue weighted by atomic mass is 35.5. The highest BCUT2D eigenvalue weighted by Crippen LogP contribution is 2.25. The summed E-state index contributed by atoms with van der Waals surface area (Å²) in [5, 5.41) is 8.88. The Morgan fingerprint density at radius 3 is 2.40 bits per heavy atom. The maximum Gasteiger partial charge on any atom is 0.573 e. The molecule has 0 saturated heterocycles. The first-order chi connectivity index (χ1) is 6.96. The van der Waals surface area contributed by atoms with Gasteiger partial charge in [0.05, 0.1) is 6.61 Å². The van der Waals surface area contributed by atoms with E-state index in [9.17, 15) is 13.2 Å². The lowest BCUT2D eigenvalue weighted by Crippen LogP contribution is -2.17. The number of rotatable bonds is 3. The summed E-state index contributed by atoms with van der Waals surface area (Å²) >= 11 is 5.52. The van der Waals surface area contributed by atoms with Crippen molar-refractivity contribution in [1.82, 2.24) is 0 Å². The first-order valence-electron chi connectivity index (χ1n) is 4.00. The van der Waals surface area contributed by atoms with Crippen LogP contribution in [0.5, 0.6) is 5.75 Å². The Hall–Kier alpha value is -0.940. The molecule has 0 atom stereocenters. The highest BCUT2D eigenvalue weighted by Gasteiger charge is 2.31. The second-order valence-electron chi connectivity index (χ2n) is 2.77. The summed E-state index contributed by atoms with van der Waals surface area (Å²) in [6.45, 7) is -0.378. The molecule has 0 aliphatic rings. The molecule has 6 heteroatoms. The number of alkyl halides is 4. The molecule has 0 aliphatic heterocycles. The Balaban J connectivity index is 2.93. The Kier molecular flexibility index (Phi) is 3.82. The Bertz CT molecular complexity index is 339. The summed E-state index contributed by atoms with van der Waals surface area (Å²) in [7, 11) is 0. The van der Waals surface area contributed by atoms with E-state index in [1.807, 2.05) is 0 Å². The zero-order chi connectivity index (χ0) is 11.5. The number of aliphatic hydroxyl groups excluding tert-OH is 1. The standard InChI is InChI=1S/C9H8ClF3O2/c10-4-6-1-2-8(3-7(6)5-14)15-9(11,12)13/h1-3,14H,4-5H2. The van der Waals surface area contributed by atoms with Gasteiger partial charge in [0.1, 0.15) is 5.75 Å². The van der Waals surface area contributed by atoms with Crippen LogP contribution >= 0.6 is 11.6 Å². The minimum absolute atomic E-state index is 0.127. The van der Waals surface area contributed by atoms with Crippen LogP contribution in [0.4, 0.5) is 13.2 Å². The lowest BCUT2D eigenvalue weighted by atomic mass is 10.1. The van der Waals surface area contributed by atoms with Gasteiger partial charge in [-0.1, -0.05) is 6.07 Å². The molecule has 0 heterocycles. The van der Waals surface area contributed by atoms with Crippen molar-refractivity contribution in [3.8, 4) is 5.75 Å². The van der Waals surface area contributed by atoms with Gasteiger partial charge in [-0.3, -0.25) is 0 Å². The fraction of sp³-hybridized carbons (Fsp3) is 0.333. The minimum atomic E-state index is -4.73. The average Bonchev–Trinajstić information content (AvgIpc) is 2.15. The lowest BCUT2D eigenvalue weighted by Gasteiger charge is -2.11. The Morgan fingerprint density at radius 2 is 1.93 bits per heavy atom. The predicted octanol–water partition coefficient (Wildman–Crippen LogP) is 2.82. The highest BCUT2D eigenvalue weighted by molar-refractivity contribution is 6.17. The van der Waals surface area contributed by atoms with E-state index < -0.39 is 6.36 Å². The van der Waals surface area contributed by atoms with Crippen molar-refractivity contribution < 1.29 is 23.0 Å². The van der Waals surface area contributed by atoms with E-state index in [1.165, 1.54) is 6.07 Å². The average molecular weight is 241 g/mol. The quantitative estimate of drug-likeness (QED) is 0.824. The fourth-order valence-electron chi connectivity index (χ4n) is 1.08. The first kappa shape index (κ1) is 12.1. The SMILES string of the molecule is OCc1cc(OC(F)(F)F)ccc1CCl. The summed E-state index contributed by atoms with van der Waals surface area (Å²) in [4.78, 5) is 0. The van der Waals surface area contributed by atoms with Crippen molar-refractivity contribution in [1.29, 1.82) is 0 Å². The molecule has 0 spiro atoms. The van der Waals surface area contributed by atoms with Gasteiger partial charge in [0.15, 0.2) is 0 Å². The van der Waals surface area contributed by atoms with Crippen molar-refractivity contribution in [3.05, 3.63) is 29.3 Å². The van der Waals surface area contributed by atoms with Crippen LogP contribution in [0, 0.1) is 0 Å². The van der Waals surface area contributed by atoms with E-state index in [4.69, 9.17) is 16.7 Å². The van der Waals surface area contributed by atoms with Crippen LogP contribution in [0.1, 0.15) is 11.1 Å². The second kappa shape index (κ2) is 4.72. The van der Waals surface area contributed by atoms with E-state index >= 15 is 0 Å². The smallest absolute Gasteiger partial charge is 0.406 e. The topological polar surface area (TPSA) is 29.5 Å². The molecule has 0 radical (unpaired) electrons. The molecule has 15 heavy (non-hydrogen) atoms. The molecule has 0 aromatic heterocycles. The monoisotopic (exact) mass is 240 g/mol. The molecule has 1 aromatic rings. The normalized spacial score (nSPS) is 11.5. The second-order valence-corrected chi connectivity index (χ2v) is 3.04. The third-order valence-electron chi connectivity index (χ3n) is 1.73. The van der Waals surface area contributed by atoms with Gasteiger partial charge < -0.3 is 9.84 Å². The van der Waals surface area contributed by atoms with E-state index in [2.05, 4.69) is 4.74 Å². The molecule has 1 aromatic carbocycles. The van der Waals surface area contributed by atoms with Gasteiger partial charge in [-0.2, -0.15) is 0 Å². The molecular formula is C9H8ClF3O2. The van der Waals surface area contributed by atoms with Gasteiger partial charge in [0, 0.05) is 5.88 Å². The van der Waals surface area contributed by atoms with Crippen molar-refractivity contribution in [3.63, 3.8) is 0 Å². The van der Waals surface area contributed by atoms with Crippen molar-refractivity contribution in [2.75, 3.05) is 0 Å². The molecule has 0 unspecified atom stereocenters. The largest absolute Gasteiger partial charge is 0.573 e. The summed E-state index contributed by atoms with van der Waals surface area (Å²) < 4.78 is 39.2. The third kappa shape index (κ3) is 3.60. The Labute approximate surface area is 89.2 Å². The molecule has 0 bridgehead atoms. The maximum atomic E-state index is 11.8. The number of hydrogen-bond acceptors (Lipinski definition) is 2. The van der Waals surface area contributed by atoms with Crippen LogP contribution in [0.2, 0.25) is 0 Å². The third-order valence-corrected chi connectivity index (χ3v) is 2.01.